The number of rotatable bonds is 4. The molecule has 2 saturated heterocycles. The van der Waals surface area contributed by atoms with Crippen LogP contribution in [0.3, 0.4) is 0 Å². The first-order valence-electron chi connectivity index (χ1n) is 7.83. The number of carbonyl (C=O) groups excluding carboxylic acids is 2. The van der Waals surface area contributed by atoms with Gasteiger partial charge in [-0.3, -0.25) is 9.59 Å². The number of methoxy groups -OCH3 is 2. The average Bonchev–Trinajstić information content (AvgIpc) is 2.85. The van der Waals surface area contributed by atoms with E-state index in [4.69, 9.17) is 19.0 Å². The predicted octanol–water partition coefficient (Wildman–Crippen LogP) is 1.31. The molecule has 1 spiro atoms. The highest BCUT2D eigenvalue weighted by Crippen LogP contribution is 2.42. The number of esters is 1. The summed E-state index contributed by atoms with van der Waals surface area (Å²) in [4.78, 5) is 30.5. The molecule has 1 unspecified atom stereocenters. The third-order valence-electron chi connectivity index (χ3n) is 4.77. The van der Waals surface area contributed by atoms with Gasteiger partial charge in [0.1, 0.15) is 5.92 Å². The minimum Gasteiger partial charge on any atom is -0.493 e. The molecule has 1 aromatic carbocycles. The van der Waals surface area contributed by atoms with Crippen molar-refractivity contribution in [1.82, 2.24) is 5.06 Å². The van der Waals surface area contributed by atoms with Crippen LogP contribution in [0.5, 0.6) is 11.5 Å². The number of carbonyl (C=O) groups is 2. The molecule has 0 N–H and O–H groups in total. The predicted molar refractivity (Wildman–Crippen MR) is 83.9 cm³/mol. The largest absolute Gasteiger partial charge is 0.493 e. The highest BCUT2D eigenvalue weighted by Gasteiger charge is 2.56. The third kappa shape index (κ3) is 2.63. The lowest BCUT2D eigenvalue weighted by Crippen LogP contribution is -2.48. The molecule has 0 bridgehead atoms. The Kier molecular flexibility index (Phi) is 4.47. The van der Waals surface area contributed by atoms with Gasteiger partial charge in [-0.25, -0.2) is 0 Å². The Morgan fingerprint density at radius 1 is 1.08 bits per heavy atom. The van der Waals surface area contributed by atoms with Crippen LogP contribution in [-0.2, 0) is 19.2 Å². The second-order valence-electron chi connectivity index (χ2n) is 5.94. The van der Waals surface area contributed by atoms with Gasteiger partial charge in [-0.15, -0.1) is 0 Å². The van der Waals surface area contributed by atoms with Gasteiger partial charge in [0, 0.05) is 25.9 Å². The number of ether oxygens (including phenoxy) is 3. The first-order chi connectivity index (χ1) is 11.5. The van der Waals surface area contributed by atoms with E-state index in [-0.39, 0.29) is 5.78 Å². The van der Waals surface area contributed by atoms with Crippen LogP contribution in [0, 0.1) is 0 Å². The van der Waals surface area contributed by atoms with E-state index in [2.05, 4.69) is 0 Å². The number of hydroxylamine groups is 2. The second kappa shape index (κ2) is 6.41. The number of Topliss-reactive ketones (excluding diaryl/α,β-unsaturated/α-hetero) is 1. The number of nitrogens with zero attached hydrogens (tertiary/aromatic N) is 1. The van der Waals surface area contributed by atoms with Gasteiger partial charge >= 0.3 is 5.97 Å². The van der Waals surface area contributed by atoms with Gasteiger partial charge in [-0.1, -0.05) is 6.07 Å². The van der Waals surface area contributed by atoms with Gasteiger partial charge in [0.05, 0.1) is 21.3 Å². The van der Waals surface area contributed by atoms with E-state index < -0.39 is 17.5 Å². The summed E-state index contributed by atoms with van der Waals surface area (Å²) in [6, 6.07) is 5.05. The van der Waals surface area contributed by atoms with Gasteiger partial charge in [0.25, 0.3) is 0 Å². The molecule has 130 valence electrons. The van der Waals surface area contributed by atoms with Crippen LogP contribution in [0.1, 0.15) is 24.3 Å². The Bertz CT molecular complexity index is 650. The first-order valence-corrected chi connectivity index (χ1v) is 7.83. The Morgan fingerprint density at radius 3 is 2.33 bits per heavy atom. The van der Waals surface area contributed by atoms with Crippen molar-refractivity contribution in [2.75, 3.05) is 34.4 Å². The van der Waals surface area contributed by atoms with Gasteiger partial charge in [-0.2, -0.15) is 5.06 Å². The molecule has 0 saturated carbocycles. The Morgan fingerprint density at radius 2 is 1.75 bits per heavy atom. The van der Waals surface area contributed by atoms with Crippen molar-refractivity contribution in [3.8, 4) is 11.5 Å². The highest BCUT2D eigenvalue weighted by molar-refractivity contribution is 6.13. The lowest BCUT2D eigenvalue weighted by molar-refractivity contribution is -0.184. The van der Waals surface area contributed by atoms with Crippen LogP contribution in [0.15, 0.2) is 18.2 Å². The van der Waals surface area contributed by atoms with Crippen LogP contribution in [0.25, 0.3) is 0 Å². The van der Waals surface area contributed by atoms with Crippen LogP contribution in [-0.4, -0.2) is 56.8 Å². The lowest BCUT2D eigenvalue weighted by atomic mass is 9.82. The zero-order valence-electron chi connectivity index (χ0n) is 14.0. The maximum atomic E-state index is 13.0. The Hall–Kier alpha value is -2.12. The molecule has 2 fully saturated rings. The number of ketones is 1. The van der Waals surface area contributed by atoms with E-state index in [0.717, 1.165) is 0 Å². The molecule has 1 aromatic rings. The van der Waals surface area contributed by atoms with Crippen molar-refractivity contribution in [3.05, 3.63) is 23.8 Å². The molecule has 2 heterocycles. The summed E-state index contributed by atoms with van der Waals surface area (Å²) >= 11 is 0. The van der Waals surface area contributed by atoms with Gasteiger partial charge in [-0.05, 0) is 17.7 Å². The molecular weight excluding hydrogens is 314 g/mol. The normalized spacial score (nSPS) is 23.4. The van der Waals surface area contributed by atoms with Crippen LogP contribution < -0.4 is 9.47 Å². The number of piperidine rings is 1. The van der Waals surface area contributed by atoms with Crippen molar-refractivity contribution in [1.29, 1.82) is 0 Å². The standard InChI is InChI=1S/C17H21NO6/c1-21-12-5-4-11(10-13(12)22-2)14-15(19)17(24-16(14)20)6-8-18(23-3)9-7-17/h4-5,10,14H,6-9H2,1-3H3. The topological polar surface area (TPSA) is 74.3 Å². The van der Waals surface area contributed by atoms with Crippen molar-refractivity contribution < 1.29 is 28.6 Å². The van der Waals surface area contributed by atoms with Gasteiger partial charge < -0.3 is 19.0 Å². The van der Waals surface area contributed by atoms with Crippen molar-refractivity contribution in [3.63, 3.8) is 0 Å². The summed E-state index contributed by atoms with van der Waals surface area (Å²) in [5.74, 6) is -0.582. The zero-order chi connectivity index (χ0) is 17.3. The van der Waals surface area contributed by atoms with Gasteiger partial charge in [0.15, 0.2) is 22.9 Å². The molecule has 7 heteroatoms. The summed E-state index contributed by atoms with van der Waals surface area (Å²) in [6.45, 7) is 1.10. The Labute approximate surface area is 140 Å². The zero-order valence-corrected chi connectivity index (χ0v) is 14.0. The molecule has 3 rings (SSSR count). The maximum Gasteiger partial charge on any atom is 0.322 e. The molecule has 7 nitrogen and oxygen atoms in total. The summed E-state index contributed by atoms with van der Waals surface area (Å²) in [5, 5.41) is 1.76. The molecule has 2 aliphatic rings. The average molecular weight is 335 g/mol. The van der Waals surface area contributed by atoms with E-state index in [1.54, 1.807) is 30.4 Å². The van der Waals surface area contributed by atoms with E-state index in [9.17, 15) is 9.59 Å². The molecule has 0 aliphatic carbocycles. The van der Waals surface area contributed by atoms with E-state index in [1.807, 2.05) is 0 Å². The number of hydrogen-bond acceptors (Lipinski definition) is 7. The quantitative estimate of drug-likeness (QED) is 0.606. The van der Waals surface area contributed by atoms with Crippen LogP contribution in [0.4, 0.5) is 0 Å². The van der Waals surface area contributed by atoms with Crippen LogP contribution >= 0.6 is 0 Å². The monoisotopic (exact) mass is 335 g/mol. The van der Waals surface area contributed by atoms with Crippen LogP contribution in [0.2, 0.25) is 0 Å². The maximum absolute atomic E-state index is 13.0. The van der Waals surface area contributed by atoms with E-state index >= 15 is 0 Å². The van der Waals surface area contributed by atoms with Crippen molar-refractivity contribution >= 4 is 11.8 Å². The molecule has 0 amide bonds. The Balaban J connectivity index is 1.87. The molecule has 0 radical (unpaired) electrons. The van der Waals surface area contributed by atoms with Crippen molar-refractivity contribution in [2.45, 2.75) is 24.4 Å². The van der Waals surface area contributed by atoms with Crippen molar-refractivity contribution in [2.24, 2.45) is 0 Å². The summed E-state index contributed by atoms with van der Waals surface area (Å²) in [6.07, 6.45) is 0.879. The first kappa shape index (κ1) is 16.7. The summed E-state index contributed by atoms with van der Waals surface area (Å²) in [5.41, 5.74) is -0.474. The fraction of sp³-hybridized carbons (Fsp3) is 0.529. The number of hydrogen-bond donors (Lipinski definition) is 0. The molecular formula is C17H21NO6. The third-order valence-corrected chi connectivity index (χ3v) is 4.77. The fourth-order valence-electron chi connectivity index (χ4n) is 3.37. The lowest BCUT2D eigenvalue weighted by Gasteiger charge is -2.35. The smallest absolute Gasteiger partial charge is 0.322 e. The van der Waals surface area contributed by atoms with E-state index in [1.165, 1.54) is 14.2 Å². The number of benzene rings is 1. The summed E-state index contributed by atoms with van der Waals surface area (Å²) < 4.78 is 16.0. The van der Waals surface area contributed by atoms with E-state index in [0.29, 0.717) is 43.0 Å². The summed E-state index contributed by atoms with van der Waals surface area (Å²) in [7, 11) is 4.64. The highest BCUT2D eigenvalue weighted by atomic mass is 16.7. The second-order valence-corrected chi connectivity index (χ2v) is 5.94. The minimum atomic E-state index is -1.04. The molecule has 2 aliphatic heterocycles. The SMILES string of the molecule is COc1ccc(C2C(=O)OC3(CCN(OC)CC3)C2=O)cc1OC. The van der Waals surface area contributed by atoms with Gasteiger partial charge in [0.2, 0.25) is 0 Å². The minimum absolute atomic E-state index is 0.185. The molecule has 1 atom stereocenters. The molecule has 0 aromatic heterocycles. The molecule has 24 heavy (non-hydrogen) atoms. The fourth-order valence-corrected chi connectivity index (χ4v) is 3.37.